The summed E-state index contributed by atoms with van der Waals surface area (Å²) in [5.74, 6) is 0.493. The lowest BCUT2D eigenvalue weighted by atomic mass is 10.2. The van der Waals surface area contributed by atoms with E-state index in [1.54, 1.807) is 6.92 Å². The molecule has 2 N–H and O–H groups in total. The highest BCUT2D eigenvalue weighted by molar-refractivity contribution is 6.32. The van der Waals surface area contributed by atoms with Gasteiger partial charge in [0.2, 0.25) is 0 Å². The Labute approximate surface area is 138 Å². The number of aromatic amines is 1. The van der Waals surface area contributed by atoms with E-state index in [1.165, 1.54) is 12.1 Å². The van der Waals surface area contributed by atoms with Crippen molar-refractivity contribution in [2.75, 3.05) is 5.32 Å². The molecular formula is C16H17ClFN3O2. The summed E-state index contributed by atoms with van der Waals surface area (Å²) in [6.07, 6.45) is 1.51. The summed E-state index contributed by atoms with van der Waals surface area (Å²) < 4.78 is 18.5. The van der Waals surface area contributed by atoms with Crippen LogP contribution in [0.4, 0.5) is 10.2 Å². The van der Waals surface area contributed by atoms with Crippen LogP contribution in [0.5, 0.6) is 5.75 Å². The molecule has 1 fully saturated rings. The lowest BCUT2D eigenvalue weighted by Gasteiger charge is -2.15. The first-order valence-electron chi connectivity index (χ1n) is 7.43. The molecule has 0 unspecified atom stereocenters. The molecule has 5 nitrogen and oxygen atoms in total. The van der Waals surface area contributed by atoms with Gasteiger partial charge in [-0.3, -0.25) is 9.89 Å². The average Bonchev–Trinajstić information content (AvgIpc) is 3.28. The van der Waals surface area contributed by atoms with Crippen molar-refractivity contribution in [2.24, 2.45) is 0 Å². The molecule has 1 atom stereocenters. The second-order valence-corrected chi connectivity index (χ2v) is 6.12. The minimum atomic E-state index is -0.793. The summed E-state index contributed by atoms with van der Waals surface area (Å²) in [6.45, 7) is 3.52. The van der Waals surface area contributed by atoms with Gasteiger partial charge in [0.1, 0.15) is 11.6 Å². The molecular weight excluding hydrogens is 321 g/mol. The van der Waals surface area contributed by atoms with E-state index in [9.17, 15) is 9.18 Å². The van der Waals surface area contributed by atoms with Gasteiger partial charge in [0, 0.05) is 17.2 Å². The minimum absolute atomic E-state index is 0.122. The number of carbonyl (C=O) groups is 1. The van der Waals surface area contributed by atoms with Gasteiger partial charge in [-0.25, -0.2) is 4.39 Å². The zero-order chi connectivity index (χ0) is 16.6. The number of aromatic nitrogens is 2. The van der Waals surface area contributed by atoms with Crippen molar-refractivity contribution in [1.29, 1.82) is 0 Å². The van der Waals surface area contributed by atoms with E-state index >= 15 is 0 Å². The number of nitrogens with zero attached hydrogens (tertiary/aromatic N) is 1. The second-order valence-electron chi connectivity index (χ2n) is 5.71. The predicted molar refractivity (Wildman–Crippen MR) is 85.4 cm³/mol. The van der Waals surface area contributed by atoms with E-state index in [2.05, 4.69) is 15.5 Å². The number of hydrogen-bond acceptors (Lipinski definition) is 3. The van der Waals surface area contributed by atoms with Gasteiger partial charge < -0.3 is 10.1 Å². The van der Waals surface area contributed by atoms with E-state index < -0.39 is 11.9 Å². The highest BCUT2D eigenvalue weighted by Gasteiger charge is 2.29. The normalized spacial score (nSPS) is 15.3. The number of ether oxygens (including phenoxy) is 1. The number of anilines is 1. The third-order valence-corrected chi connectivity index (χ3v) is 4.14. The second kappa shape index (κ2) is 6.20. The summed E-state index contributed by atoms with van der Waals surface area (Å²) in [4.78, 5) is 12.2. The number of hydrogen-bond donors (Lipinski definition) is 2. The lowest BCUT2D eigenvalue weighted by Crippen LogP contribution is -2.30. The third kappa shape index (κ3) is 3.47. The number of H-pyrrole nitrogens is 1. The van der Waals surface area contributed by atoms with Gasteiger partial charge in [-0.1, -0.05) is 11.6 Å². The van der Waals surface area contributed by atoms with Gasteiger partial charge in [-0.15, -0.1) is 0 Å². The molecule has 23 heavy (non-hydrogen) atoms. The SMILES string of the molecule is Cc1c(NC(=O)[C@@H](C)Oc2ccc(F)cc2Cl)n[nH]c1C1CC1. The highest BCUT2D eigenvalue weighted by Crippen LogP contribution is 2.41. The number of rotatable bonds is 5. The van der Waals surface area contributed by atoms with Gasteiger partial charge in [0.25, 0.3) is 5.91 Å². The van der Waals surface area contributed by atoms with Crippen LogP contribution in [0.1, 0.15) is 36.9 Å². The molecule has 7 heteroatoms. The monoisotopic (exact) mass is 337 g/mol. The quantitative estimate of drug-likeness (QED) is 0.872. The van der Waals surface area contributed by atoms with Crippen molar-refractivity contribution in [3.63, 3.8) is 0 Å². The fourth-order valence-corrected chi connectivity index (χ4v) is 2.55. The fraction of sp³-hybridized carbons (Fsp3) is 0.375. The molecule has 3 rings (SSSR count). The van der Waals surface area contributed by atoms with Crippen LogP contribution in [0.25, 0.3) is 0 Å². The van der Waals surface area contributed by atoms with Crippen LogP contribution in [-0.2, 0) is 4.79 Å². The van der Waals surface area contributed by atoms with Crippen molar-refractivity contribution in [3.8, 4) is 5.75 Å². The summed E-state index contributed by atoms with van der Waals surface area (Å²) >= 11 is 5.89. The highest BCUT2D eigenvalue weighted by atomic mass is 35.5. The Morgan fingerprint density at radius 2 is 2.26 bits per heavy atom. The first-order valence-corrected chi connectivity index (χ1v) is 7.81. The molecule has 0 radical (unpaired) electrons. The molecule has 0 spiro atoms. The number of benzene rings is 1. The van der Waals surface area contributed by atoms with Gasteiger partial charge in [-0.2, -0.15) is 5.10 Å². The Kier molecular flexibility index (Phi) is 4.26. The topological polar surface area (TPSA) is 67.0 Å². The van der Waals surface area contributed by atoms with Crippen LogP contribution in [0, 0.1) is 12.7 Å². The van der Waals surface area contributed by atoms with Crippen LogP contribution in [0.15, 0.2) is 18.2 Å². The van der Waals surface area contributed by atoms with Crippen molar-refractivity contribution < 1.29 is 13.9 Å². The zero-order valence-corrected chi connectivity index (χ0v) is 13.6. The van der Waals surface area contributed by atoms with Crippen LogP contribution < -0.4 is 10.1 Å². The van der Waals surface area contributed by atoms with E-state index in [4.69, 9.17) is 16.3 Å². The molecule has 2 aromatic rings. The van der Waals surface area contributed by atoms with Crippen molar-refractivity contribution in [1.82, 2.24) is 10.2 Å². The van der Waals surface area contributed by atoms with Crippen LogP contribution >= 0.6 is 11.6 Å². The van der Waals surface area contributed by atoms with Gasteiger partial charge in [0.05, 0.1) is 5.02 Å². The first kappa shape index (κ1) is 15.8. The molecule has 0 saturated heterocycles. The van der Waals surface area contributed by atoms with Crippen LogP contribution in [0.3, 0.4) is 0 Å². The molecule has 0 bridgehead atoms. The molecule has 122 valence electrons. The lowest BCUT2D eigenvalue weighted by molar-refractivity contribution is -0.122. The molecule has 0 aliphatic heterocycles. The smallest absolute Gasteiger partial charge is 0.266 e. The van der Waals surface area contributed by atoms with Crippen molar-refractivity contribution in [3.05, 3.63) is 40.3 Å². The maximum Gasteiger partial charge on any atom is 0.266 e. The van der Waals surface area contributed by atoms with E-state index in [0.29, 0.717) is 11.7 Å². The largest absolute Gasteiger partial charge is 0.479 e. The number of nitrogens with one attached hydrogen (secondary N) is 2. The molecule has 1 aliphatic carbocycles. The van der Waals surface area contributed by atoms with Gasteiger partial charge in [0.15, 0.2) is 11.9 Å². The Hall–Kier alpha value is -2.08. The molecule has 1 aromatic carbocycles. The van der Waals surface area contributed by atoms with E-state index in [-0.39, 0.29) is 16.7 Å². The molecule has 1 heterocycles. The number of carbonyl (C=O) groups excluding carboxylic acids is 1. The Balaban J connectivity index is 1.65. The Bertz CT molecular complexity index is 743. The third-order valence-electron chi connectivity index (χ3n) is 3.84. The summed E-state index contributed by atoms with van der Waals surface area (Å²) in [5.41, 5.74) is 2.03. The van der Waals surface area contributed by atoms with Crippen LogP contribution in [0.2, 0.25) is 5.02 Å². The summed E-state index contributed by atoms with van der Waals surface area (Å²) in [6, 6.07) is 3.76. The van der Waals surface area contributed by atoms with Gasteiger partial charge in [-0.05, 0) is 44.9 Å². The molecule has 1 aliphatic rings. The standard InChI is InChI=1S/C16H17ClFN3O2/c1-8-14(10-3-4-10)20-21-15(8)19-16(22)9(2)23-13-6-5-11(18)7-12(13)17/h5-7,9-10H,3-4H2,1-2H3,(H2,19,20,21,22)/t9-/m1/s1. The molecule has 1 amide bonds. The van der Waals surface area contributed by atoms with Gasteiger partial charge >= 0.3 is 0 Å². The molecule has 1 aromatic heterocycles. The van der Waals surface area contributed by atoms with E-state index in [0.717, 1.165) is 30.2 Å². The minimum Gasteiger partial charge on any atom is -0.479 e. The maximum atomic E-state index is 13.0. The van der Waals surface area contributed by atoms with Crippen molar-refractivity contribution in [2.45, 2.75) is 38.7 Å². The summed E-state index contributed by atoms with van der Waals surface area (Å²) in [5, 5.41) is 9.99. The fourth-order valence-electron chi connectivity index (χ4n) is 2.34. The van der Waals surface area contributed by atoms with Crippen LogP contribution in [-0.4, -0.2) is 22.2 Å². The van der Waals surface area contributed by atoms with E-state index in [1.807, 2.05) is 6.92 Å². The summed E-state index contributed by atoms with van der Waals surface area (Å²) in [7, 11) is 0. The Morgan fingerprint density at radius 1 is 1.52 bits per heavy atom. The number of amides is 1. The average molecular weight is 338 g/mol. The molecule has 1 saturated carbocycles. The first-order chi connectivity index (χ1) is 11.0. The number of halogens is 2. The Morgan fingerprint density at radius 3 is 2.91 bits per heavy atom. The maximum absolute atomic E-state index is 13.0. The zero-order valence-electron chi connectivity index (χ0n) is 12.8. The van der Waals surface area contributed by atoms with Crippen molar-refractivity contribution >= 4 is 23.3 Å². The predicted octanol–water partition coefficient (Wildman–Crippen LogP) is 3.79.